The van der Waals surface area contributed by atoms with Crippen LogP contribution in [-0.4, -0.2) is 54.2 Å². The Morgan fingerprint density at radius 2 is 1.70 bits per heavy atom. The van der Waals surface area contributed by atoms with Crippen molar-refractivity contribution in [2.24, 2.45) is 0 Å². The minimum absolute atomic E-state index is 0.0987. The normalized spacial score (nSPS) is 18.5. The van der Waals surface area contributed by atoms with Crippen LogP contribution in [0.5, 0.6) is 11.5 Å². The monoisotopic (exact) mass is 409 g/mol. The molecule has 0 spiro atoms. The molecule has 160 valence electrons. The van der Waals surface area contributed by atoms with Crippen molar-refractivity contribution >= 4 is 5.91 Å². The SMILES string of the molecule is CN1CCCCN(C(=O)c2cccnc2)CCCCCc2cc3c(cc2C1)OCO3. The number of rotatable bonds is 1. The zero-order chi connectivity index (χ0) is 20.8. The molecule has 1 aromatic carbocycles. The molecule has 30 heavy (non-hydrogen) atoms. The molecule has 0 unspecified atom stereocenters. The van der Waals surface area contributed by atoms with E-state index in [4.69, 9.17) is 9.47 Å². The van der Waals surface area contributed by atoms with Gasteiger partial charge in [0.25, 0.3) is 5.91 Å². The number of carbonyl (C=O) groups is 1. The molecule has 6 nitrogen and oxygen atoms in total. The van der Waals surface area contributed by atoms with E-state index in [9.17, 15) is 4.79 Å². The van der Waals surface area contributed by atoms with E-state index >= 15 is 0 Å². The lowest BCUT2D eigenvalue weighted by Crippen LogP contribution is -2.33. The highest BCUT2D eigenvalue weighted by Crippen LogP contribution is 2.36. The van der Waals surface area contributed by atoms with Crippen LogP contribution in [0.25, 0.3) is 0 Å². The van der Waals surface area contributed by atoms with Gasteiger partial charge in [-0.1, -0.05) is 6.42 Å². The largest absolute Gasteiger partial charge is 0.454 e. The summed E-state index contributed by atoms with van der Waals surface area (Å²) >= 11 is 0. The molecule has 1 amide bonds. The fourth-order valence-corrected chi connectivity index (χ4v) is 4.24. The van der Waals surface area contributed by atoms with Crippen LogP contribution in [0.4, 0.5) is 0 Å². The van der Waals surface area contributed by atoms with Crippen LogP contribution in [0.1, 0.15) is 53.6 Å². The number of carbonyl (C=O) groups excluding carboxylic acids is 1. The third kappa shape index (κ3) is 5.11. The van der Waals surface area contributed by atoms with Crippen molar-refractivity contribution in [1.29, 1.82) is 0 Å². The van der Waals surface area contributed by atoms with Crippen LogP contribution in [0.2, 0.25) is 0 Å². The first-order valence-corrected chi connectivity index (χ1v) is 11.0. The van der Waals surface area contributed by atoms with Gasteiger partial charge in [0, 0.05) is 32.0 Å². The molecule has 0 saturated heterocycles. The van der Waals surface area contributed by atoms with Gasteiger partial charge in [0.05, 0.1) is 5.56 Å². The van der Waals surface area contributed by atoms with E-state index in [1.54, 1.807) is 12.4 Å². The Labute approximate surface area is 178 Å². The lowest BCUT2D eigenvalue weighted by Gasteiger charge is -2.25. The number of aromatic nitrogens is 1. The number of ether oxygens (including phenoxy) is 2. The standard InChI is InChI=1S/C24H31N3O3/c1-26-11-5-6-13-27(24(28)20-9-7-10-25-16-20)12-4-2-3-8-19-14-22-23(30-18-29-22)15-21(19)17-26/h7,9-10,14-16H,2-6,8,11-13,17-18H2,1H3. The second-order valence-corrected chi connectivity index (χ2v) is 8.26. The third-order valence-electron chi connectivity index (χ3n) is 5.92. The summed E-state index contributed by atoms with van der Waals surface area (Å²) in [6.07, 6.45) is 9.69. The molecule has 2 aliphatic rings. The smallest absolute Gasteiger partial charge is 0.255 e. The van der Waals surface area contributed by atoms with Crippen LogP contribution in [0, 0.1) is 0 Å². The topological polar surface area (TPSA) is 54.9 Å². The lowest BCUT2D eigenvalue weighted by atomic mass is 9.99. The second-order valence-electron chi connectivity index (χ2n) is 8.26. The van der Waals surface area contributed by atoms with E-state index in [1.807, 2.05) is 17.0 Å². The van der Waals surface area contributed by atoms with Gasteiger partial charge in [0.2, 0.25) is 6.79 Å². The maximum atomic E-state index is 12.9. The molecule has 0 aliphatic carbocycles. The average Bonchev–Trinajstić information content (AvgIpc) is 3.22. The molecule has 1 aromatic heterocycles. The van der Waals surface area contributed by atoms with E-state index < -0.39 is 0 Å². The predicted octanol–water partition coefficient (Wildman–Crippen LogP) is 3.89. The number of amides is 1. The van der Waals surface area contributed by atoms with E-state index in [-0.39, 0.29) is 5.91 Å². The van der Waals surface area contributed by atoms with Gasteiger partial charge in [0.1, 0.15) is 0 Å². The maximum absolute atomic E-state index is 12.9. The van der Waals surface area contributed by atoms with Crippen LogP contribution < -0.4 is 9.47 Å². The van der Waals surface area contributed by atoms with E-state index in [1.165, 1.54) is 11.1 Å². The molecule has 6 heteroatoms. The fraction of sp³-hybridized carbons (Fsp3) is 0.500. The molecule has 3 heterocycles. The Morgan fingerprint density at radius 1 is 0.967 bits per heavy atom. The summed E-state index contributed by atoms with van der Waals surface area (Å²) in [4.78, 5) is 21.4. The molecule has 0 bridgehead atoms. The lowest BCUT2D eigenvalue weighted by molar-refractivity contribution is 0.0747. The minimum Gasteiger partial charge on any atom is -0.454 e. The number of hydrogen-bond acceptors (Lipinski definition) is 5. The highest BCUT2D eigenvalue weighted by Gasteiger charge is 2.19. The quantitative estimate of drug-likeness (QED) is 0.715. The molecule has 0 saturated carbocycles. The third-order valence-corrected chi connectivity index (χ3v) is 5.92. The van der Waals surface area contributed by atoms with E-state index in [0.29, 0.717) is 12.4 Å². The van der Waals surface area contributed by atoms with Gasteiger partial charge in [-0.05, 0) is 81.1 Å². The minimum atomic E-state index is 0.0987. The van der Waals surface area contributed by atoms with Crippen molar-refractivity contribution in [2.75, 3.05) is 33.5 Å². The van der Waals surface area contributed by atoms with Crippen LogP contribution >= 0.6 is 0 Å². The molecule has 2 aromatic rings. The van der Waals surface area contributed by atoms with Crippen molar-refractivity contribution < 1.29 is 14.3 Å². The number of hydrogen-bond donors (Lipinski definition) is 0. The van der Waals surface area contributed by atoms with E-state index in [2.05, 4.69) is 29.1 Å². The van der Waals surface area contributed by atoms with Gasteiger partial charge in [-0.25, -0.2) is 0 Å². The summed E-state index contributed by atoms with van der Waals surface area (Å²) in [5, 5.41) is 0. The van der Waals surface area contributed by atoms with Crippen molar-refractivity contribution in [2.45, 2.75) is 45.1 Å². The molecule has 0 N–H and O–H groups in total. The number of pyridine rings is 1. The summed E-state index contributed by atoms with van der Waals surface area (Å²) in [5.41, 5.74) is 3.37. The summed E-state index contributed by atoms with van der Waals surface area (Å²) in [7, 11) is 2.17. The van der Waals surface area contributed by atoms with Crippen LogP contribution in [0.3, 0.4) is 0 Å². The first kappa shape index (κ1) is 20.7. The highest BCUT2D eigenvalue weighted by molar-refractivity contribution is 5.93. The molecular formula is C24H31N3O3. The number of fused-ring (bicyclic) bond motifs is 2. The van der Waals surface area contributed by atoms with Crippen molar-refractivity contribution in [3.63, 3.8) is 0 Å². The molecule has 0 atom stereocenters. The number of aryl methyl sites for hydroxylation is 1. The first-order chi connectivity index (χ1) is 14.7. The molecule has 4 rings (SSSR count). The highest BCUT2D eigenvalue weighted by atomic mass is 16.7. The number of nitrogens with zero attached hydrogens (tertiary/aromatic N) is 3. The Hall–Kier alpha value is -2.60. The average molecular weight is 410 g/mol. The predicted molar refractivity (Wildman–Crippen MR) is 116 cm³/mol. The van der Waals surface area contributed by atoms with Gasteiger partial charge >= 0.3 is 0 Å². The van der Waals surface area contributed by atoms with Gasteiger partial charge in [-0.15, -0.1) is 0 Å². The second kappa shape index (κ2) is 9.94. The maximum Gasteiger partial charge on any atom is 0.255 e. The van der Waals surface area contributed by atoms with Crippen molar-refractivity contribution in [3.05, 3.63) is 53.3 Å². The fourth-order valence-electron chi connectivity index (χ4n) is 4.24. The Kier molecular flexibility index (Phi) is 6.84. The first-order valence-electron chi connectivity index (χ1n) is 11.0. The number of benzene rings is 1. The summed E-state index contributed by atoms with van der Waals surface area (Å²) in [5.74, 6) is 1.83. The van der Waals surface area contributed by atoms with Gasteiger partial charge in [-0.2, -0.15) is 0 Å². The molecule has 0 fully saturated rings. The Balaban J connectivity index is 1.44. The van der Waals surface area contributed by atoms with Crippen molar-refractivity contribution in [3.8, 4) is 11.5 Å². The van der Waals surface area contributed by atoms with Crippen LogP contribution in [-0.2, 0) is 13.0 Å². The zero-order valence-corrected chi connectivity index (χ0v) is 17.8. The van der Waals surface area contributed by atoms with Gasteiger partial charge in [-0.3, -0.25) is 9.78 Å². The summed E-state index contributed by atoms with van der Waals surface area (Å²) < 4.78 is 11.2. The van der Waals surface area contributed by atoms with Crippen molar-refractivity contribution in [1.82, 2.24) is 14.8 Å². The van der Waals surface area contributed by atoms with Gasteiger partial charge < -0.3 is 19.3 Å². The van der Waals surface area contributed by atoms with E-state index in [0.717, 1.165) is 76.2 Å². The molecular weight excluding hydrogens is 378 g/mol. The van der Waals surface area contributed by atoms with Crippen LogP contribution in [0.15, 0.2) is 36.7 Å². The van der Waals surface area contributed by atoms with Gasteiger partial charge in [0.15, 0.2) is 11.5 Å². The summed E-state index contributed by atoms with van der Waals surface area (Å²) in [6, 6.07) is 8.01. The molecule has 2 aliphatic heterocycles. The Morgan fingerprint density at radius 3 is 2.47 bits per heavy atom. The molecule has 0 radical (unpaired) electrons. The Bertz CT molecular complexity index is 856. The summed E-state index contributed by atoms with van der Waals surface area (Å²) in [6.45, 7) is 3.83. The zero-order valence-electron chi connectivity index (χ0n) is 17.8.